The zero-order valence-corrected chi connectivity index (χ0v) is 25.5. The molecule has 3 heteroatoms. The molecule has 0 saturated heterocycles. The molecule has 0 spiro atoms. The third kappa shape index (κ3) is 4.10. The van der Waals surface area contributed by atoms with Gasteiger partial charge >= 0.3 is 5.97 Å². The Balaban J connectivity index is 1.64. The van der Waals surface area contributed by atoms with Crippen molar-refractivity contribution in [3.05, 3.63) is 12.2 Å². The van der Waals surface area contributed by atoms with Crippen LogP contribution in [-0.2, 0) is 4.79 Å². The number of aliphatic hydroxyl groups excluding tert-OH is 1. The summed E-state index contributed by atoms with van der Waals surface area (Å²) in [5.74, 6) is 1.78. The molecular formula is C34H58O3. The van der Waals surface area contributed by atoms with Crippen LogP contribution in [0.2, 0.25) is 0 Å². The maximum Gasteiger partial charge on any atom is 0.309 e. The van der Waals surface area contributed by atoms with Crippen molar-refractivity contribution in [3.8, 4) is 0 Å². The molecule has 3 nitrogen and oxygen atoms in total. The molecule has 4 fully saturated rings. The summed E-state index contributed by atoms with van der Waals surface area (Å²) >= 11 is 0. The molecule has 0 heterocycles. The predicted molar refractivity (Wildman–Crippen MR) is 153 cm³/mol. The monoisotopic (exact) mass is 514 g/mol. The lowest BCUT2D eigenvalue weighted by Crippen LogP contribution is -2.66. The van der Waals surface area contributed by atoms with Gasteiger partial charge in [0, 0.05) is 0 Å². The summed E-state index contributed by atoms with van der Waals surface area (Å²) in [5.41, 5.74) is 1.27. The molecule has 0 aromatic heterocycles. The molecule has 0 aliphatic heterocycles. The minimum absolute atomic E-state index is 0.0251. The van der Waals surface area contributed by atoms with Crippen LogP contribution in [0.15, 0.2) is 12.2 Å². The SMILES string of the molecule is C=C(C)[C@@H](CCC)CCC1(C(=O)O)CCC2(C)C(CCC3C4(C)CCC(O)C(C)(C)C4CCC32C)C1C. The zero-order chi connectivity index (χ0) is 27.6. The highest BCUT2D eigenvalue weighted by molar-refractivity contribution is 5.75. The van der Waals surface area contributed by atoms with Gasteiger partial charge in [-0.1, -0.05) is 67.0 Å². The van der Waals surface area contributed by atoms with E-state index < -0.39 is 11.4 Å². The van der Waals surface area contributed by atoms with Gasteiger partial charge in [0.2, 0.25) is 0 Å². The number of allylic oxidation sites excluding steroid dienone is 1. The summed E-state index contributed by atoms with van der Waals surface area (Å²) in [5, 5.41) is 21.7. The molecule has 0 bridgehead atoms. The van der Waals surface area contributed by atoms with Crippen LogP contribution in [0.25, 0.3) is 0 Å². The number of aliphatic carboxylic acids is 1. The minimum atomic E-state index is -0.604. The van der Waals surface area contributed by atoms with Gasteiger partial charge in [-0.25, -0.2) is 0 Å². The Morgan fingerprint density at radius 3 is 2.19 bits per heavy atom. The van der Waals surface area contributed by atoms with Crippen LogP contribution < -0.4 is 0 Å². The van der Waals surface area contributed by atoms with Crippen molar-refractivity contribution in [2.24, 2.45) is 56.7 Å². The lowest BCUT2D eigenvalue weighted by molar-refractivity contribution is -0.247. The fraction of sp³-hybridized carbons (Fsp3) is 0.912. The largest absolute Gasteiger partial charge is 0.481 e. The fourth-order valence-electron chi connectivity index (χ4n) is 11.5. The minimum Gasteiger partial charge on any atom is -0.481 e. The average Bonchev–Trinajstić information content (AvgIpc) is 2.81. The summed E-state index contributed by atoms with van der Waals surface area (Å²) in [6, 6.07) is 0. The Labute approximate surface area is 228 Å². The predicted octanol–water partition coefficient (Wildman–Crippen LogP) is 8.90. The Morgan fingerprint density at radius 1 is 0.919 bits per heavy atom. The van der Waals surface area contributed by atoms with Gasteiger partial charge in [-0.3, -0.25) is 4.79 Å². The molecule has 0 amide bonds. The van der Waals surface area contributed by atoms with E-state index in [0.29, 0.717) is 23.7 Å². The lowest BCUT2D eigenvalue weighted by Gasteiger charge is -2.72. The van der Waals surface area contributed by atoms with E-state index in [4.69, 9.17) is 0 Å². The molecule has 4 saturated carbocycles. The molecule has 9 unspecified atom stereocenters. The first kappa shape index (κ1) is 29.2. The molecule has 37 heavy (non-hydrogen) atoms. The second-order valence-electron chi connectivity index (χ2n) is 15.7. The summed E-state index contributed by atoms with van der Waals surface area (Å²) < 4.78 is 0. The number of fused-ring (bicyclic) bond motifs is 5. The Kier molecular flexibility index (Phi) is 7.62. The van der Waals surface area contributed by atoms with Crippen LogP contribution in [0.4, 0.5) is 0 Å². The van der Waals surface area contributed by atoms with Crippen LogP contribution in [0, 0.1) is 56.7 Å². The first-order valence-electron chi connectivity index (χ1n) is 15.7. The van der Waals surface area contributed by atoms with Gasteiger partial charge in [-0.05, 0) is 129 Å². The van der Waals surface area contributed by atoms with E-state index in [1.165, 1.54) is 24.8 Å². The van der Waals surface area contributed by atoms with Gasteiger partial charge in [0.15, 0.2) is 0 Å². The maximum atomic E-state index is 13.1. The van der Waals surface area contributed by atoms with E-state index >= 15 is 0 Å². The molecule has 212 valence electrons. The van der Waals surface area contributed by atoms with Crippen molar-refractivity contribution in [2.45, 2.75) is 139 Å². The van der Waals surface area contributed by atoms with E-state index in [9.17, 15) is 15.0 Å². The molecule has 4 aliphatic rings. The standard InChI is InChI=1S/C34H58O3/c1-10-11-24(22(2)3)14-19-34(29(36)37)21-20-32(8)25(23(34)4)12-13-27-31(7)17-16-28(35)30(5,6)26(31)15-18-33(27,32)9/h23-28,35H,2,10-21H2,1,3-9H3,(H,36,37)/t23?,24-,25?,26?,27?,28?,31?,32?,33?,34?/m0/s1. The zero-order valence-electron chi connectivity index (χ0n) is 25.5. The van der Waals surface area contributed by atoms with Gasteiger partial charge in [0.1, 0.15) is 0 Å². The number of carbonyl (C=O) groups is 1. The van der Waals surface area contributed by atoms with Gasteiger partial charge in [-0.2, -0.15) is 0 Å². The normalized spacial score (nSPS) is 47.8. The third-order valence-electron chi connectivity index (χ3n) is 14.2. The smallest absolute Gasteiger partial charge is 0.309 e. The van der Waals surface area contributed by atoms with Crippen molar-refractivity contribution >= 4 is 5.97 Å². The molecule has 0 aromatic carbocycles. The van der Waals surface area contributed by atoms with Crippen LogP contribution in [0.5, 0.6) is 0 Å². The highest BCUT2D eigenvalue weighted by Crippen LogP contribution is 2.75. The number of carboxylic acids is 1. The van der Waals surface area contributed by atoms with Crippen molar-refractivity contribution < 1.29 is 15.0 Å². The van der Waals surface area contributed by atoms with Crippen LogP contribution >= 0.6 is 0 Å². The highest BCUT2D eigenvalue weighted by atomic mass is 16.4. The molecule has 4 aliphatic carbocycles. The first-order chi connectivity index (χ1) is 17.1. The second kappa shape index (κ2) is 9.67. The fourth-order valence-corrected chi connectivity index (χ4v) is 11.5. The number of aliphatic hydroxyl groups is 1. The second-order valence-corrected chi connectivity index (χ2v) is 15.7. The van der Waals surface area contributed by atoms with Crippen molar-refractivity contribution in [2.75, 3.05) is 0 Å². The molecule has 10 atom stereocenters. The van der Waals surface area contributed by atoms with Crippen LogP contribution in [0.3, 0.4) is 0 Å². The quantitative estimate of drug-likeness (QED) is 0.333. The molecular weight excluding hydrogens is 456 g/mol. The van der Waals surface area contributed by atoms with E-state index in [0.717, 1.165) is 57.8 Å². The van der Waals surface area contributed by atoms with Crippen molar-refractivity contribution in [1.29, 1.82) is 0 Å². The average molecular weight is 515 g/mol. The number of rotatable bonds is 7. The number of carboxylic acid groups (broad SMARTS) is 1. The Hall–Kier alpha value is -0.830. The van der Waals surface area contributed by atoms with Crippen LogP contribution in [-0.4, -0.2) is 22.3 Å². The van der Waals surface area contributed by atoms with E-state index in [1.807, 2.05) is 0 Å². The highest BCUT2D eigenvalue weighted by Gasteiger charge is 2.69. The molecule has 0 radical (unpaired) electrons. The number of hydrogen-bond acceptors (Lipinski definition) is 2. The van der Waals surface area contributed by atoms with Gasteiger partial charge < -0.3 is 10.2 Å². The van der Waals surface area contributed by atoms with Gasteiger partial charge in [0.05, 0.1) is 11.5 Å². The van der Waals surface area contributed by atoms with E-state index in [-0.39, 0.29) is 33.7 Å². The summed E-state index contributed by atoms with van der Waals surface area (Å²) in [4.78, 5) is 13.1. The lowest BCUT2D eigenvalue weighted by atomic mass is 9.32. The molecule has 0 aromatic rings. The Bertz CT molecular complexity index is 891. The topological polar surface area (TPSA) is 57.5 Å². The third-order valence-corrected chi connectivity index (χ3v) is 14.2. The van der Waals surface area contributed by atoms with Crippen molar-refractivity contribution in [1.82, 2.24) is 0 Å². The van der Waals surface area contributed by atoms with E-state index in [1.54, 1.807) is 0 Å². The van der Waals surface area contributed by atoms with Gasteiger partial charge in [0.25, 0.3) is 0 Å². The first-order valence-corrected chi connectivity index (χ1v) is 15.7. The van der Waals surface area contributed by atoms with E-state index in [2.05, 4.69) is 62.0 Å². The van der Waals surface area contributed by atoms with Crippen LogP contribution in [0.1, 0.15) is 132 Å². The van der Waals surface area contributed by atoms with Gasteiger partial charge in [-0.15, -0.1) is 0 Å². The Morgan fingerprint density at radius 2 is 1.59 bits per heavy atom. The number of hydrogen-bond donors (Lipinski definition) is 2. The summed E-state index contributed by atoms with van der Waals surface area (Å²) in [6.45, 7) is 23.3. The molecule has 4 rings (SSSR count). The summed E-state index contributed by atoms with van der Waals surface area (Å²) in [6.07, 6.45) is 12.5. The summed E-state index contributed by atoms with van der Waals surface area (Å²) in [7, 11) is 0. The molecule has 2 N–H and O–H groups in total. The van der Waals surface area contributed by atoms with Crippen molar-refractivity contribution in [3.63, 3.8) is 0 Å². The maximum absolute atomic E-state index is 13.1.